The number of aliphatic imine (C=N–C) groups is 1. The van der Waals surface area contributed by atoms with Crippen LogP contribution in [0.15, 0.2) is 21.5 Å². The van der Waals surface area contributed by atoms with E-state index in [0.29, 0.717) is 12.3 Å². The number of methoxy groups -OCH3 is 1. The first-order valence-corrected chi connectivity index (χ1v) is 8.40. The van der Waals surface area contributed by atoms with Crippen molar-refractivity contribution >= 4 is 11.9 Å². The van der Waals surface area contributed by atoms with E-state index in [4.69, 9.17) is 14.9 Å². The zero-order valence-electron chi connectivity index (χ0n) is 14.6. The third-order valence-electron chi connectivity index (χ3n) is 4.69. The van der Waals surface area contributed by atoms with Crippen LogP contribution in [0.4, 0.5) is 0 Å². The van der Waals surface area contributed by atoms with E-state index >= 15 is 0 Å². The number of hydrogen-bond acceptors (Lipinski definition) is 4. The molecule has 1 fully saturated rings. The molecule has 0 bridgehead atoms. The van der Waals surface area contributed by atoms with Gasteiger partial charge in [-0.2, -0.15) is 0 Å². The highest BCUT2D eigenvalue weighted by molar-refractivity contribution is 5.89. The number of carbonyl (C=O) groups excluding carboxylic acids is 1. The van der Waals surface area contributed by atoms with Crippen molar-refractivity contribution in [1.29, 1.82) is 0 Å². The Balaban J connectivity index is 1.83. The SMILES string of the molecule is CN=C(NCc1ccc(C(N)=O)o1)NCC1(CCOC)CCCC1. The number of carbonyl (C=O) groups is 1. The lowest BCUT2D eigenvalue weighted by molar-refractivity contribution is 0.0972. The summed E-state index contributed by atoms with van der Waals surface area (Å²) in [5.41, 5.74) is 5.47. The minimum absolute atomic E-state index is 0.166. The van der Waals surface area contributed by atoms with Gasteiger partial charge in [0.15, 0.2) is 11.7 Å². The van der Waals surface area contributed by atoms with E-state index in [-0.39, 0.29) is 11.2 Å². The van der Waals surface area contributed by atoms with Crippen molar-refractivity contribution in [2.75, 3.05) is 27.3 Å². The van der Waals surface area contributed by atoms with E-state index in [1.807, 2.05) is 0 Å². The van der Waals surface area contributed by atoms with Crippen molar-refractivity contribution in [2.24, 2.45) is 16.1 Å². The summed E-state index contributed by atoms with van der Waals surface area (Å²) in [5.74, 6) is 0.960. The molecule has 134 valence electrons. The van der Waals surface area contributed by atoms with Gasteiger partial charge in [-0.15, -0.1) is 0 Å². The van der Waals surface area contributed by atoms with Crippen LogP contribution < -0.4 is 16.4 Å². The zero-order valence-corrected chi connectivity index (χ0v) is 14.6. The van der Waals surface area contributed by atoms with E-state index in [0.717, 1.165) is 25.5 Å². The highest BCUT2D eigenvalue weighted by Crippen LogP contribution is 2.40. The van der Waals surface area contributed by atoms with Gasteiger partial charge < -0.3 is 25.5 Å². The van der Waals surface area contributed by atoms with E-state index < -0.39 is 5.91 Å². The largest absolute Gasteiger partial charge is 0.454 e. The molecule has 0 radical (unpaired) electrons. The number of rotatable bonds is 8. The molecule has 2 rings (SSSR count). The van der Waals surface area contributed by atoms with Gasteiger partial charge in [-0.05, 0) is 36.8 Å². The molecule has 7 nitrogen and oxygen atoms in total. The number of nitrogens with one attached hydrogen (secondary N) is 2. The van der Waals surface area contributed by atoms with Crippen molar-refractivity contribution in [2.45, 2.75) is 38.6 Å². The van der Waals surface area contributed by atoms with E-state index in [2.05, 4.69) is 15.6 Å². The molecular formula is C17H28N4O3. The first-order chi connectivity index (χ1) is 11.6. The van der Waals surface area contributed by atoms with Crippen LogP contribution in [0.25, 0.3) is 0 Å². The number of primary amides is 1. The molecule has 24 heavy (non-hydrogen) atoms. The molecule has 7 heteroatoms. The third-order valence-corrected chi connectivity index (χ3v) is 4.69. The second-order valence-corrected chi connectivity index (χ2v) is 6.36. The molecule has 0 aromatic carbocycles. The van der Waals surface area contributed by atoms with Gasteiger partial charge in [-0.25, -0.2) is 0 Å². The Morgan fingerprint density at radius 3 is 2.71 bits per heavy atom. The van der Waals surface area contributed by atoms with Crippen molar-refractivity contribution in [3.8, 4) is 0 Å². The Bertz CT molecular complexity index is 562. The normalized spacial score (nSPS) is 17.0. The fourth-order valence-corrected chi connectivity index (χ4v) is 3.23. The summed E-state index contributed by atoms with van der Waals surface area (Å²) in [6.07, 6.45) is 6.06. The molecule has 1 aromatic heterocycles. The van der Waals surface area contributed by atoms with Gasteiger partial charge in [0.05, 0.1) is 6.54 Å². The molecule has 0 saturated heterocycles. The second-order valence-electron chi connectivity index (χ2n) is 6.36. The van der Waals surface area contributed by atoms with Gasteiger partial charge in [-0.1, -0.05) is 12.8 Å². The third kappa shape index (κ3) is 4.99. The van der Waals surface area contributed by atoms with E-state index in [1.54, 1.807) is 26.3 Å². The highest BCUT2D eigenvalue weighted by Gasteiger charge is 2.33. The number of nitrogens with zero attached hydrogens (tertiary/aromatic N) is 1. The number of hydrogen-bond donors (Lipinski definition) is 3. The summed E-state index contributed by atoms with van der Waals surface area (Å²) in [6.45, 7) is 2.11. The Morgan fingerprint density at radius 2 is 2.12 bits per heavy atom. The van der Waals surface area contributed by atoms with Crippen LogP contribution in [-0.2, 0) is 11.3 Å². The molecule has 0 spiro atoms. The predicted octanol–water partition coefficient (Wildman–Crippen LogP) is 1.64. The zero-order chi connectivity index (χ0) is 17.4. The van der Waals surface area contributed by atoms with Gasteiger partial charge in [-0.3, -0.25) is 9.79 Å². The Labute approximate surface area is 143 Å². The number of furan rings is 1. The maximum atomic E-state index is 11.0. The second kappa shape index (κ2) is 8.73. The van der Waals surface area contributed by atoms with Crippen LogP contribution in [0, 0.1) is 5.41 Å². The molecule has 1 aliphatic carbocycles. The summed E-state index contributed by atoms with van der Waals surface area (Å²) < 4.78 is 10.6. The summed E-state index contributed by atoms with van der Waals surface area (Å²) in [7, 11) is 3.49. The molecule has 1 aromatic rings. The standard InChI is InChI=1S/C17H28N4O3/c1-19-16(20-11-13-5-6-14(24-13)15(18)22)21-12-17(9-10-23-2)7-3-4-8-17/h5-6H,3-4,7-12H2,1-2H3,(H2,18,22)(H2,19,20,21). The Morgan fingerprint density at radius 1 is 1.38 bits per heavy atom. The molecule has 0 aliphatic heterocycles. The highest BCUT2D eigenvalue weighted by atomic mass is 16.5. The Hall–Kier alpha value is -2.02. The van der Waals surface area contributed by atoms with Crippen molar-refractivity contribution in [3.63, 3.8) is 0 Å². The fourth-order valence-electron chi connectivity index (χ4n) is 3.23. The summed E-state index contributed by atoms with van der Waals surface area (Å²) in [4.78, 5) is 15.3. The van der Waals surface area contributed by atoms with Gasteiger partial charge in [0.2, 0.25) is 0 Å². The van der Waals surface area contributed by atoms with E-state index in [9.17, 15) is 4.79 Å². The maximum Gasteiger partial charge on any atom is 0.284 e. The van der Waals surface area contributed by atoms with Crippen LogP contribution in [0.3, 0.4) is 0 Å². The quantitative estimate of drug-likeness (QED) is 0.495. The molecule has 4 N–H and O–H groups in total. The average molecular weight is 336 g/mol. The van der Waals surface area contributed by atoms with Crippen LogP contribution in [0.2, 0.25) is 0 Å². The average Bonchev–Trinajstić information content (AvgIpc) is 3.23. The number of guanidine groups is 1. The van der Waals surface area contributed by atoms with Crippen LogP contribution in [-0.4, -0.2) is 39.2 Å². The van der Waals surface area contributed by atoms with Gasteiger partial charge in [0.25, 0.3) is 5.91 Å². The lowest BCUT2D eigenvalue weighted by Gasteiger charge is -2.29. The lowest BCUT2D eigenvalue weighted by atomic mass is 9.83. The van der Waals surface area contributed by atoms with Crippen molar-refractivity contribution in [1.82, 2.24) is 10.6 Å². The minimum atomic E-state index is -0.565. The summed E-state index contributed by atoms with van der Waals surface area (Å²) >= 11 is 0. The summed E-state index contributed by atoms with van der Waals surface area (Å²) in [6, 6.07) is 3.31. The molecule has 1 aliphatic rings. The van der Waals surface area contributed by atoms with Crippen LogP contribution in [0.1, 0.15) is 48.4 Å². The maximum absolute atomic E-state index is 11.0. The topological polar surface area (TPSA) is 102 Å². The predicted molar refractivity (Wildman–Crippen MR) is 92.8 cm³/mol. The first kappa shape index (κ1) is 18.3. The van der Waals surface area contributed by atoms with E-state index in [1.165, 1.54) is 25.7 Å². The van der Waals surface area contributed by atoms with Gasteiger partial charge in [0.1, 0.15) is 5.76 Å². The molecule has 1 amide bonds. The van der Waals surface area contributed by atoms with Crippen LogP contribution >= 0.6 is 0 Å². The molecular weight excluding hydrogens is 308 g/mol. The van der Waals surface area contributed by atoms with Gasteiger partial charge in [0, 0.05) is 27.3 Å². The number of nitrogens with two attached hydrogens (primary N) is 1. The molecule has 0 atom stereocenters. The molecule has 1 heterocycles. The molecule has 0 unspecified atom stereocenters. The van der Waals surface area contributed by atoms with Gasteiger partial charge >= 0.3 is 0 Å². The first-order valence-electron chi connectivity index (χ1n) is 8.40. The lowest BCUT2D eigenvalue weighted by Crippen LogP contribution is -2.43. The van der Waals surface area contributed by atoms with Crippen LogP contribution in [0.5, 0.6) is 0 Å². The Kier molecular flexibility index (Phi) is 6.66. The van der Waals surface area contributed by atoms with Crippen molar-refractivity contribution in [3.05, 3.63) is 23.7 Å². The van der Waals surface area contributed by atoms with Crippen molar-refractivity contribution < 1.29 is 13.9 Å². The number of ether oxygens (including phenoxy) is 1. The fraction of sp³-hybridized carbons (Fsp3) is 0.647. The molecule has 1 saturated carbocycles. The smallest absolute Gasteiger partial charge is 0.284 e. The minimum Gasteiger partial charge on any atom is -0.454 e. The monoisotopic (exact) mass is 336 g/mol. The summed E-state index contributed by atoms with van der Waals surface area (Å²) in [5, 5.41) is 6.61. The number of amides is 1.